The minimum atomic E-state index is -0.161. The van der Waals surface area contributed by atoms with Gasteiger partial charge in [-0.05, 0) is 128 Å². The van der Waals surface area contributed by atoms with Gasteiger partial charge in [0.15, 0.2) is 0 Å². The quantitative estimate of drug-likeness (QED) is 0.164. The summed E-state index contributed by atoms with van der Waals surface area (Å²) in [6, 6.07) is 67.9. The molecule has 0 fully saturated rings. The lowest BCUT2D eigenvalue weighted by Gasteiger charge is -2.23. The van der Waals surface area contributed by atoms with Crippen molar-refractivity contribution in [2.75, 3.05) is 0 Å². The molecule has 53 heavy (non-hydrogen) atoms. The molecule has 0 saturated carbocycles. The molecule has 0 heterocycles. The first-order chi connectivity index (χ1) is 26.0. The Bertz CT molecular complexity index is 3120. The molecule has 0 unspecified atom stereocenters. The molecule has 0 heteroatoms. The van der Waals surface area contributed by atoms with Crippen molar-refractivity contribution < 1.29 is 0 Å². The van der Waals surface area contributed by atoms with E-state index in [9.17, 15) is 0 Å². The second-order valence-electron chi connectivity index (χ2n) is 15.2. The molecule has 0 atom stereocenters. The minimum absolute atomic E-state index is 0.161. The molecule has 0 aromatic heterocycles. The van der Waals surface area contributed by atoms with Crippen LogP contribution in [0.1, 0.15) is 25.0 Å². The molecule has 248 valence electrons. The predicted molar refractivity (Wildman–Crippen MR) is 228 cm³/mol. The third-order valence-corrected chi connectivity index (χ3v) is 12.0. The average Bonchev–Trinajstić information content (AvgIpc) is 3.44. The van der Waals surface area contributed by atoms with E-state index in [2.05, 4.69) is 196 Å². The van der Waals surface area contributed by atoms with Gasteiger partial charge in [0.1, 0.15) is 0 Å². The van der Waals surface area contributed by atoms with E-state index in [1.54, 1.807) is 0 Å². The number of benzene rings is 10. The Balaban J connectivity index is 1.08. The fraction of sp³-hybridized carbons (Fsp3) is 0.0566. The van der Waals surface area contributed by atoms with Gasteiger partial charge in [-0.2, -0.15) is 0 Å². The molecular weight excluding hydrogens is 637 g/mol. The van der Waals surface area contributed by atoms with E-state index in [4.69, 9.17) is 0 Å². The van der Waals surface area contributed by atoms with Crippen LogP contribution in [0.5, 0.6) is 0 Å². The Morgan fingerprint density at radius 3 is 1.40 bits per heavy atom. The topological polar surface area (TPSA) is 0 Å². The average molecular weight is 673 g/mol. The summed E-state index contributed by atoms with van der Waals surface area (Å²) in [5, 5.41) is 13.0. The highest BCUT2D eigenvalue weighted by molar-refractivity contribution is 6.30. The smallest absolute Gasteiger partial charge is 0.0159 e. The van der Waals surface area contributed by atoms with Crippen molar-refractivity contribution in [3.8, 4) is 44.5 Å². The van der Waals surface area contributed by atoms with Gasteiger partial charge in [-0.3, -0.25) is 0 Å². The number of hydrogen-bond donors (Lipinski definition) is 0. The predicted octanol–water partition coefficient (Wildman–Crippen LogP) is 14.8. The summed E-state index contributed by atoms with van der Waals surface area (Å²) in [4.78, 5) is 0. The van der Waals surface area contributed by atoms with Crippen molar-refractivity contribution in [3.63, 3.8) is 0 Å². The summed E-state index contributed by atoms with van der Waals surface area (Å²) in [5.41, 5.74) is 12.9. The van der Waals surface area contributed by atoms with E-state index < -0.39 is 0 Å². The summed E-state index contributed by atoms with van der Waals surface area (Å²) < 4.78 is 0. The Hall–Kier alpha value is -6.50. The van der Waals surface area contributed by atoms with Gasteiger partial charge in [0, 0.05) is 5.41 Å². The van der Waals surface area contributed by atoms with Crippen LogP contribution in [0.15, 0.2) is 182 Å². The van der Waals surface area contributed by atoms with E-state index in [1.807, 2.05) is 0 Å². The van der Waals surface area contributed by atoms with Gasteiger partial charge < -0.3 is 0 Å². The fourth-order valence-corrected chi connectivity index (χ4v) is 9.42. The van der Waals surface area contributed by atoms with Crippen LogP contribution >= 0.6 is 0 Å². The zero-order valence-electron chi connectivity index (χ0n) is 29.8. The number of hydrogen-bond acceptors (Lipinski definition) is 0. The summed E-state index contributed by atoms with van der Waals surface area (Å²) in [6.07, 6.45) is 0. The molecule has 0 spiro atoms. The molecule has 0 radical (unpaired) electrons. The highest BCUT2D eigenvalue weighted by Crippen LogP contribution is 2.52. The SMILES string of the molecule is CC1(C)c2cc(-c3ccc(-c4ccccc4)c4ccccc34)ccc2-c2ccc(-c3cc4ccc5ccccc5c4c4c3ccc3ccccc34)cc21. The van der Waals surface area contributed by atoms with Gasteiger partial charge >= 0.3 is 0 Å². The van der Waals surface area contributed by atoms with Crippen LogP contribution in [-0.2, 0) is 5.41 Å². The van der Waals surface area contributed by atoms with Crippen molar-refractivity contribution in [2.24, 2.45) is 0 Å². The van der Waals surface area contributed by atoms with Crippen molar-refractivity contribution in [1.82, 2.24) is 0 Å². The third kappa shape index (κ3) is 4.42. The zero-order chi connectivity index (χ0) is 35.3. The standard InChI is InChI=1S/C53H36/c1-53(2)49-31-36(40-29-28-39(33-12-4-3-5-13-33)43-18-10-11-19-44(40)43)23-25-45(49)46-26-24-37(32-50(46)53)48-30-38-21-20-34-14-6-8-16-41(34)51(38)52-42-17-9-7-15-35(42)22-27-47(48)52/h3-32H,1-2H3. The normalized spacial score (nSPS) is 13.2. The molecule has 0 saturated heterocycles. The summed E-state index contributed by atoms with van der Waals surface area (Å²) >= 11 is 0. The van der Waals surface area contributed by atoms with E-state index in [-0.39, 0.29) is 5.41 Å². The van der Waals surface area contributed by atoms with Crippen LogP contribution in [0.25, 0.3) is 98.4 Å². The first-order valence-corrected chi connectivity index (χ1v) is 18.7. The van der Waals surface area contributed by atoms with Gasteiger partial charge in [0.25, 0.3) is 0 Å². The van der Waals surface area contributed by atoms with Crippen LogP contribution in [0.3, 0.4) is 0 Å². The number of rotatable bonds is 3. The molecule has 0 N–H and O–H groups in total. The van der Waals surface area contributed by atoms with Gasteiger partial charge in [-0.1, -0.05) is 178 Å². The lowest BCUT2D eigenvalue weighted by atomic mass is 9.80. The van der Waals surface area contributed by atoms with Crippen LogP contribution in [0.2, 0.25) is 0 Å². The van der Waals surface area contributed by atoms with E-state index in [1.165, 1.54) is 109 Å². The van der Waals surface area contributed by atoms with Gasteiger partial charge in [-0.15, -0.1) is 0 Å². The lowest BCUT2D eigenvalue weighted by Crippen LogP contribution is -2.15. The highest BCUT2D eigenvalue weighted by Gasteiger charge is 2.36. The first-order valence-electron chi connectivity index (χ1n) is 18.7. The maximum absolute atomic E-state index is 2.48. The summed E-state index contributed by atoms with van der Waals surface area (Å²) in [6.45, 7) is 4.81. The Labute approximate surface area is 309 Å². The molecule has 0 nitrogen and oxygen atoms in total. The largest absolute Gasteiger partial charge is 0.0622 e. The van der Waals surface area contributed by atoms with Crippen molar-refractivity contribution >= 4 is 53.9 Å². The second kappa shape index (κ2) is 11.2. The molecule has 10 aromatic carbocycles. The monoisotopic (exact) mass is 672 g/mol. The zero-order valence-corrected chi connectivity index (χ0v) is 29.8. The van der Waals surface area contributed by atoms with E-state index >= 15 is 0 Å². The Morgan fingerprint density at radius 2 is 0.755 bits per heavy atom. The molecule has 1 aliphatic rings. The van der Waals surface area contributed by atoms with Crippen molar-refractivity contribution in [1.29, 1.82) is 0 Å². The Kier molecular flexibility index (Phi) is 6.40. The Morgan fingerprint density at radius 1 is 0.283 bits per heavy atom. The second-order valence-corrected chi connectivity index (χ2v) is 15.2. The highest BCUT2D eigenvalue weighted by atomic mass is 14.4. The molecule has 0 bridgehead atoms. The first kappa shape index (κ1) is 30.2. The van der Waals surface area contributed by atoms with Crippen LogP contribution in [-0.4, -0.2) is 0 Å². The number of fused-ring (bicyclic) bond motifs is 11. The minimum Gasteiger partial charge on any atom is -0.0622 e. The molecule has 11 rings (SSSR count). The van der Waals surface area contributed by atoms with Crippen LogP contribution in [0, 0.1) is 0 Å². The molecule has 1 aliphatic carbocycles. The third-order valence-electron chi connectivity index (χ3n) is 12.0. The summed E-state index contributed by atoms with van der Waals surface area (Å²) in [7, 11) is 0. The lowest BCUT2D eigenvalue weighted by molar-refractivity contribution is 0.661. The fourth-order valence-electron chi connectivity index (χ4n) is 9.42. The molecular formula is C53H36. The molecule has 0 aliphatic heterocycles. The van der Waals surface area contributed by atoms with Crippen LogP contribution < -0.4 is 0 Å². The van der Waals surface area contributed by atoms with Gasteiger partial charge in [0.05, 0.1) is 0 Å². The van der Waals surface area contributed by atoms with E-state index in [0.717, 1.165) is 0 Å². The van der Waals surface area contributed by atoms with Crippen molar-refractivity contribution in [2.45, 2.75) is 19.3 Å². The van der Waals surface area contributed by atoms with Crippen LogP contribution in [0.4, 0.5) is 0 Å². The van der Waals surface area contributed by atoms with Gasteiger partial charge in [0.2, 0.25) is 0 Å². The summed E-state index contributed by atoms with van der Waals surface area (Å²) in [5.74, 6) is 0. The van der Waals surface area contributed by atoms with Crippen molar-refractivity contribution in [3.05, 3.63) is 193 Å². The van der Waals surface area contributed by atoms with E-state index in [0.29, 0.717) is 0 Å². The maximum Gasteiger partial charge on any atom is 0.0159 e. The molecule has 0 amide bonds. The van der Waals surface area contributed by atoms with Gasteiger partial charge in [-0.25, -0.2) is 0 Å². The molecule has 10 aromatic rings. The maximum atomic E-state index is 2.48.